The molecular formula is C16H18ClN3O2. The SMILES string of the molecule is COc1ccc(Cl)cc1-c1nccc(N2CCC[C@@H](O)C2)n1. The summed E-state index contributed by atoms with van der Waals surface area (Å²) in [6.45, 7) is 1.49. The number of aliphatic hydroxyl groups is 1. The monoisotopic (exact) mass is 319 g/mol. The Kier molecular flexibility index (Phi) is 4.45. The number of piperidine rings is 1. The van der Waals surface area contributed by atoms with Gasteiger partial charge in [-0.25, -0.2) is 9.97 Å². The minimum atomic E-state index is -0.298. The van der Waals surface area contributed by atoms with Gasteiger partial charge in [0.05, 0.1) is 18.8 Å². The van der Waals surface area contributed by atoms with Crippen molar-refractivity contribution >= 4 is 17.4 Å². The molecule has 0 bridgehead atoms. The minimum Gasteiger partial charge on any atom is -0.496 e. The van der Waals surface area contributed by atoms with Gasteiger partial charge in [-0.15, -0.1) is 0 Å². The molecule has 0 unspecified atom stereocenters. The van der Waals surface area contributed by atoms with Crippen LogP contribution in [0.1, 0.15) is 12.8 Å². The average molecular weight is 320 g/mol. The Morgan fingerprint density at radius 3 is 3.00 bits per heavy atom. The van der Waals surface area contributed by atoms with E-state index < -0.39 is 0 Å². The Labute approximate surface area is 134 Å². The highest BCUT2D eigenvalue weighted by Crippen LogP contribution is 2.31. The van der Waals surface area contributed by atoms with E-state index in [1.54, 1.807) is 31.5 Å². The van der Waals surface area contributed by atoms with Gasteiger partial charge in [0.25, 0.3) is 0 Å². The molecule has 1 fully saturated rings. The van der Waals surface area contributed by atoms with Gasteiger partial charge in [0, 0.05) is 24.3 Å². The highest BCUT2D eigenvalue weighted by Gasteiger charge is 2.20. The summed E-state index contributed by atoms with van der Waals surface area (Å²) in [6.07, 6.45) is 3.23. The van der Waals surface area contributed by atoms with E-state index in [-0.39, 0.29) is 6.10 Å². The van der Waals surface area contributed by atoms with Crippen LogP contribution in [-0.4, -0.2) is 41.4 Å². The second kappa shape index (κ2) is 6.50. The van der Waals surface area contributed by atoms with E-state index in [2.05, 4.69) is 14.9 Å². The average Bonchev–Trinajstić information content (AvgIpc) is 2.55. The Hall–Kier alpha value is -1.85. The normalized spacial score (nSPS) is 18.3. The van der Waals surface area contributed by atoms with Crippen molar-refractivity contribution in [2.45, 2.75) is 18.9 Å². The number of rotatable bonds is 3. The number of nitrogens with zero attached hydrogens (tertiary/aromatic N) is 3. The number of aromatic nitrogens is 2. The predicted octanol–water partition coefficient (Wildman–Crippen LogP) is 2.77. The number of hydrogen-bond acceptors (Lipinski definition) is 5. The molecule has 1 N–H and O–H groups in total. The van der Waals surface area contributed by atoms with Crippen molar-refractivity contribution in [2.24, 2.45) is 0 Å². The third-order valence-electron chi connectivity index (χ3n) is 3.76. The lowest BCUT2D eigenvalue weighted by Crippen LogP contribution is -2.38. The number of β-amino-alcohol motifs (C(OH)–C–C–N with tert-alkyl or cyclic N) is 1. The molecule has 5 nitrogen and oxygen atoms in total. The summed E-state index contributed by atoms with van der Waals surface area (Å²) in [7, 11) is 1.61. The second-order valence-electron chi connectivity index (χ2n) is 5.33. The van der Waals surface area contributed by atoms with Crippen molar-refractivity contribution in [3.8, 4) is 17.1 Å². The molecule has 0 radical (unpaired) electrons. The molecule has 1 aromatic carbocycles. The van der Waals surface area contributed by atoms with Crippen molar-refractivity contribution in [1.29, 1.82) is 0 Å². The Balaban J connectivity index is 1.96. The van der Waals surface area contributed by atoms with Crippen LogP contribution in [0.15, 0.2) is 30.5 Å². The molecule has 0 aliphatic carbocycles. The number of halogens is 1. The van der Waals surface area contributed by atoms with Gasteiger partial charge in [0.15, 0.2) is 5.82 Å². The smallest absolute Gasteiger partial charge is 0.165 e. The molecule has 2 heterocycles. The predicted molar refractivity (Wildman–Crippen MR) is 86.5 cm³/mol. The summed E-state index contributed by atoms with van der Waals surface area (Å²) >= 11 is 6.08. The number of hydrogen-bond donors (Lipinski definition) is 1. The number of anilines is 1. The topological polar surface area (TPSA) is 58.5 Å². The fourth-order valence-corrected chi connectivity index (χ4v) is 2.84. The van der Waals surface area contributed by atoms with Crippen LogP contribution in [0, 0.1) is 0 Å². The molecule has 22 heavy (non-hydrogen) atoms. The molecule has 6 heteroatoms. The standard InChI is InChI=1S/C16H18ClN3O2/c1-22-14-5-4-11(17)9-13(14)16-18-7-6-15(19-16)20-8-2-3-12(21)10-20/h4-7,9,12,21H,2-3,8,10H2,1H3/t12-/m1/s1. The molecule has 1 aromatic heterocycles. The first-order valence-corrected chi connectivity index (χ1v) is 7.65. The third kappa shape index (κ3) is 3.15. The van der Waals surface area contributed by atoms with E-state index in [1.165, 1.54) is 0 Å². The van der Waals surface area contributed by atoms with Crippen LogP contribution in [0.4, 0.5) is 5.82 Å². The lowest BCUT2D eigenvalue weighted by molar-refractivity contribution is 0.154. The van der Waals surface area contributed by atoms with E-state index in [1.807, 2.05) is 6.07 Å². The Morgan fingerprint density at radius 2 is 2.23 bits per heavy atom. The highest BCUT2D eigenvalue weighted by atomic mass is 35.5. The molecule has 0 amide bonds. The summed E-state index contributed by atoms with van der Waals surface area (Å²) in [6, 6.07) is 7.23. The zero-order valence-corrected chi connectivity index (χ0v) is 13.1. The first kappa shape index (κ1) is 15.1. The van der Waals surface area contributed by atoms with E-state index in [0.717, 1.165) is 30.8 Å². The van der Waals surface area contributed by atoms with Crippen LogP contribution in [0.5, 0.6) is 5.75 Å². The van der Waals surface area contributed by atoms with Crippen molar-refractivity contribution in [1.82, 2.24) is 9.97 Å². The molecule has 0 saturated carbocycles. The molecule has 0 spiro atoms. The number of ether oxygens (including phenoxy) is 1. The molecule has 2 aromatic rings. The van der Waals surface area contributed by atoms with E-state index in [0.29, 0.717) is 23.1 Å². The second-order valence-corrected chi connectivity index (χ2v) is 5.76. The van der Waals surface area contributed by atoms with Crippen LogP contribution >= 0.6 is 11.6 Å². The first-order valence-electron chi connectivity index (χ1n) is 7.27. The van der Waals surface area contributed by atoms with Crippen LogP contribution in [0.25, 0.3) is 11.4 Å². The van der Waals surface area contributed by atoms with Crippen LogP contribution < -0.4 is 9.64 Å². The maximum Gasteiger partial charge on any atom is 0.165 e. The quantitative estimate of drug-likeness (QED) is 0.942. The summed E-state index contributed by atoms with van der Waals surface area (Å²) in [5.41, 5.74) is 0.759. The minimum absolute atomic E-state index is 0.298. The van der Waals surface area contributed by atoms with Crippen molar-refractivity contribution in [3.63, 3.8) is 0 Å². The molecular weight excluding hydrogens is 302 g/mol. The van der Waals surface area contributed by atoms with E-state index in [4.69, 9.17) is 16.3 Å². The summed E-state index contributed by atoms with van der Waals surface area (Å²) in [5, 5.41) is 10.4. The van der Waals surface area contributed by atoms with Crippen LogP contribution in [0.3, 0.4) is 0 Å². The third-order valence-corrected chi connectivity index (χ3v) is 4.00. The maximum absolute atomic E-state index is 9.82. The van der Waals surface area contributed by atoms with Crippen molar-refractivity contribution in [3.05, 3.63) is 35.5 Å². The van der Waals surface area contributed by atoms with Gasteiger partial charge in [0.2, 0.25) is 0 Å². The first-order chi connectivity index (χ1) is 10.7. The number of methoxy groups -OCH3 is 1. The van der Waals surface area contributed by atoms with Gasteiger partial charge in [-0.3, -0.25) is 0 Å². The van der Waals surface area contributed by atoms with Crippen LogP contribution in [-0.2, 0) is 0 Å². The fourth-order valence-electron chi connectivity index (χ4n) is 2.67. The summed E-state index contributed by atoms with van der Waals surface area (Å²) < 4.78 is 5.36. The molecule has 1 aliphatic rings. The van der Waals surface area contributed by atoms with Gasteiger partial charge >= 0.3 is 0 Å². The zero-order valence-electron chi connectivity index (χ0n) is 12.4. The number of benzene rings is 1. The summed E-state index contributed by atoms with van der Waals surface area (Å²) in [4.78, 5) is 11.0. The van der Waals surface area contributed by atoms with Crippen molar-refractivity contribution in [2.75, 3.05) is 25.1 Å². The molecule has 3 rings (SSSR count). The van der Waals surface area contributed by atoms with E-state index >= 15 is 0 Å². The van der Waals surface area contributed by atoms with Gasteiger partial charge < -0.3 is 14.7 Å². The van der Waals surface area contributed by atoms with Gasteiger partial charge in [-0.2, -0.15) is 0 Å². The zero-order chi connectivity index (χ0) is 15.5. The van der Waals surface area contributed by atoms with Gasteiger partial charge in [0.1, 0.15) is 11.6 Å². The lowest BCUT2D eigenvalue weighted by atomic mass is 10.1. The fraction of sp³-hybridized carbons (Fsp3) is 0.375. The van der Waals surface area contributed by atoms with E-state index in [9.17, 15) is 5.11 Å². The molecule has 1 saturated heterocycles. The molecule has 1 aliphatic heterocycles. The van der Waals surface area contributed by atoms with Crippen molar-refractivity contribution < 1.29 is 9.84 Å². The molecule has 116 valence electrons. The largest absolute Gasteiger partial charge is 0.496 e. The highest BCUT2D eigenvalue weighted by molar-refractivity contribution is 6.30. The Bertz CT molecular complexity index is 666. The summed E-state index contributed by atoms with van der Waals surface area (Å²) in [5.74, 6) is 2.06. The van der Waals surface area contributed by atoms with Crippen LogP contribution in [0.2, 0.25) is 5.02 Å². The maximum atomic E-state index is 9.82. The Morgan fingerprint density at radius 1 is 1.36 bits per heavy atom. The molecule has 1 atom stereocenters. The number of aliphatic hydroxyl groups excluding tert-OH is 1. The van der Waals surface area contributed by atoms with Gasteiger partial charge in [-0.05, 0) is 37.1 Å². The lowest BCUT2D eigenvalue weighted by Gasteiger charge is -2.31. The van der Waals surface area contributed by atoms with Gasteiger partial charge in [-0.1, -0.05) is 11.6 Å².